The fourth-order valence-corrected chi connectivity index (χ4v) is 3.57. The summed E-state index contributed by atoms with van der Waals surface area (Å²) in [7, 11) is 0. The van der Waals surface area contributed by atoms with Crippen LogP contribution >= 0.6 is 0 Å². The molecule has 162 valence electrons. The Labute approximate surface area is 187 Å². The Morgan fingerprint density at radius 3 is 2.41 bits per heavy atom. The van der Waals surface area contributed by atoms with Crippen LogP contribution in [-0.4, -0.2) is 35.4 Å². The molecule has 4 aromatic rings. The maximum atomic E-state index is 4.72. The van der Waals surface area contributed by atoms with E-state index in [1.165, 1.54) is 16.7 Å². The lowest BCUT2D eigenvalue weighted by Gasteiger charge is -2.09. The normalized spacial score (nSPS) is 11.7. The lowest BCUT2D eigenvalue weighted by atomic mass is 9.98. The molecule has 0 aliphatic carbocycles. The van der Waals surface area contributed by atoms with Gasteiger partial charge in [0.15, 0.2) is 11.6 Å². The van der Waals surface area contributed by atoms with Crippen molar-refractivity contribution in [3.05, 3.63) is 101 Å². The van der Waals surface area contributed by atoms with Crippen LogP contribution in [0.15, 0.2) is 72.8 Å². The van der Waals surface area contributed by atoms with Crippen LogP contribution in [0.1, 0.15) is 42.2 Å². The maximum Gasteiger partial charge on any atom is 0.179 e. The molecule has 0 radical (unpaired) electrons. The minimum atomic E-state index is 0.686. The summed E-state index contributed by atoms with van der Waals surface area (Å²) < 4.78 is 2.01. The first-order valence-electron chi connectivity index (χ1n) is 10.8. The van der Waals surface area contributed by atoms with E-state index in [1.54, 1.807) is 0 Å². The Balaban J connectivity index is 1.50. The van der Waals surface area contributed by atoms with E-state index in [-0.39, 0.29) is 0 Å². The Hall–Kier alpha value is -3.87. The van der Waals surface area contributed by atoms with E-state index in [9.17, 15) is 0 Å². The van der Waals surface area contributed by atoms with Gasteiger partial charge in [-0.25, -0.2) is 14.8 Å². The van der Waals surface area contributed by atoms with E-state index in [4.69, 9.17) is 10.1 Å². The lowest BCUT2D eigenvalue weighted by molar-refractivity contribution is 0.644. The van der Waals surface area contributed by atoms with Crippen molar-refractivity contribution in [2.24, 2.45) is 0 Å². The molecule has 7 heteroatoms. The maximum absolute atomic E-state index is 4.72. The van der Waals surface area contributed by atoms with E-state index >= 15 is 0 Å². The third-order valence-electron chi connectivity index (χ3n) is 5.23. The number of H-pyrrole nitrogens is 1. The number of benzene rings is 2. The molecule has 0 aliphatic heterocycles. The third kappa shape index (κ3) is 5.24. The first kappa shape index (κ1) is 21.4. The largest absolute Gasteiger partial charge is 0.245 e. The molecule has 2 heterocycles. The lowest BCUT2D eigenvalue weighted by Crippen LogP contribution is -2.07. The number of rotatable bonds is 9. The molecule has 32 heavy (non-hydrogen) atoms. The van der Waals surface area contributed by atoms with Crippen LogP contribution in [0.3, 0.4) is 0 Å². The van der Waals surface area contributed by atoms with Gasteiger partial charge in [-0.3, -0.25) is 0 Å². The number of hydrogen-bond donors (Lipinski definition) is 1. The molecular formula is C25H27N7. The van der Waals surface area contributed by atoms with Crippen molar-refractivity contribution < 1.29 is 0 Å². The molecule has 7 nitrogen and oxygen atoms in total. The van der Waals surface area contributed by atoms with E-state index in [1.807, 2.05) is 48.9 Å². The first-order chi connectivity index (χ1) is 15.8. The molecule has 0 aliphatic rings. The first-order valence-corrected chi connectivity index (χ1v) is 10.8. The molecule has 2 aromatic carbocycles. The summed E-state index contributed by atoms with van der Waals surface area (Å²) in [5.41, 5.74) is 4.63. The fourth-order valence-electron chi connectivity index (χ4n) is 3.57. The number of tetrazole rings is 1. The number of allylic oxidation sites excluding steroid dienone is 4. The number of nitrogens with one attached hydrogen (secondary N) is 1. The SMILES string of the molecule is C/C=C/Cc1nc(C/C=C/C)n(Cc2ccc(Cc3ccccc3-c3nnn[nH]3)cc2)n1. The van der Waals surface area contributed by atoms with Crippen molar-refractivity contribution in [1.29, 1.82) is 0 Å². The van der Waals surface area contributed by atoms with Crippen LogP contribution in [0.2, 0.25) is 0 Å². The highest BCUT2D eigenvalue weighted by Gasteiger charge is 2.11. The van der Waals surface area contributed by atoms with Gasteiger partial charge in [0.1, 0.15) is 5.82 Å². The van der Waals surface area contributed by atoms with E-state index in [2.05, 4.69) is 63.1 Å². The van der Waals surface area contributed by atoms with Gasteiger partial charge < -0.3 is 0 Å². The van der Waals surface area contributed by atoms with Crippen LogP contribution in [0.4, 0.5) is 0 Å². The monoisotopic (exact) mass is 425 g/mol. The second-order valence-corrected chi connectivity index (χ2v) is 7.55. The molecule has 0 saturated carbocycles. The summed E-state index contributed by atoms with van der Waals surface area (Å²) in [6, 6.07) is 16.9. The molecule has 1 N–H and O–H groups in total. The van der Waals surface area contributed by atoms with Crippen molar-refractivity contribution in [1.82, 2.24) is 35.4 Å². The summed E-state index contributed by atoms with van der Waals surface area (Å²) in [4.78, 5) is 4.72. The minimum Gasteiger partial charge on any atom is -0.245 e. The summed E-state index contributed by atoms with van der Waals surface area (Å²) in [6.45, 7) is 4.74. The van der Waals surface area contributed by atoms with Gasteiger partial charge in [0.25, 0.3) is 0 Å². The molecule has 4 rings (SSSR count). The van der Waals surface area contributed by atoms with Crippen LogP contribution < -0.4 is 0 Å². The predicted molar refractivity (Wildman–Crippen MR) is 125 cm³/mol. The average molecular weight is 426 g/mol. The van der Waals surface area contributed by atoms with Crippen LogP contribution in [-0.2, 0) is 25.8 Å². The van der Waals surface area contributed by atoms with Crippen LogP contribution in [0.5, 0.6) is 0 Å². The van der Waals surface area contributed by atoms with Crippen LogP contribution in [0, 0.1) is 0 Å². The Morgan fingerprint density at radius 2 is 1.66 bits per heavy atom. The molecule has 0 unspecified atom stereocenters. The highest BCUT2D eigenvalue weighted by Crippen LogP contribution is 2.22. The van der Waals surface area contributed by atoms with Crippen molar-refractivity contribution >= 4 is 0 Å². The van der Waals surface area contributed by atoms with Crippen LogP contribution in [0.25, 0.3) is 11.4 Å². The Kier molecular flexibility index (Phi) is 6.97. The second kappa shape index (κ2) is 10.4. The van der Waals surface area contributed by atoms with Gasteiger partial charge in [0.05, 0.1) is 6.54 Å². The van der Waals surface area contributed by atoms with E-state index in [0.717, 1.165) is 36.5 Å². The predicted octanol–water partition coefficient (Wildman–Crippen LogP) is 4.33. The fraction of sp³-hybridized carbons (Fsp3) is 0.240. The Bertz CT molecular complexity index is 1190. The zero-order valence-corrected chi connectivity index (χ0v) is 18.4. The average Bonchev–Trinajstić information content (AvgIpc) is 3.48. The van der Waals surface area contributed by atoms with E-state index in [0.29, 0.717) is 12.4 Å². The standard InChI is InChI=1S/C25H27N7/c1-3-5-11-23-26-24(12-6-4-2)32(29-23)18-20-15-13-19(14-16-20)17-21-9-7-8-10-22(21)25-27-30-31-28-25/h3-10,13-16H,11-12,17-18H2,1-2H3,(H,27,28,30,31)/b5-3+,6-4+. The topological polar surface area (TPSA) is 85.2 Å². The molecule has 2 aromatic heterocycles. The minimum absolute atomic E-state index is 0.686. The van der Waals surface area contributed by atoms with Crippen molar-refractivity contribution in [2.45, 2.75) is 39.7 Å². The van der Waals surface area contributed by atoms with Gasteiger partial charge in [-0.05, 0) is 47.4 Å². The highest BCUT2D eigenvalue weighted by atomic mass is 15.5. The van der Waals surface area contributed by atoms with Gasteiger partial charge in [0, 0.05) is 18.4 Å². The number of hydrogen-bond acceptors (Lipinski definition) is 5. The summed E-state index contributed by atoms with van der Waals surface area (Å²) in [5.74, 6) is 2.53. The molecule has 0 saturated heterocycles. The molecule has 0 amide bonds. The summed E-state index contributed by atoms with van der Waals surface area (Å²) in [6.07, 6.45) is 10.6. The molecule has 0 atom stereocenters. The van der Waals surface area contributed by atoms with Crippen molar-refractivity contribution in [3.8, 4) is 11.4 Å². The number of nitrogens with zero attached hydrogens (tertiary/aromatic N) is 6. The van der Waals surface area contributed by atoms with Gasteiger partial charge in [-0.2, -0.15) is 5.10 Å². The zero-order chi connectivity index (χ0) is 22.2. The third-order valence-corrected chi connectivity index (χ3v) is 5.23. The Morgan fingerprint density at radius 1 is 0.906 bits per heavy atom. The van der Waals surface area contributed by atoms with Crippen molar-refractivity contribution in [2.75, 3.05) is 0 Å². The van der Waals surface area contributed by atoms with Gasteiger partial charge in [-0.15, -0.1) is 5.10 Å². The molecule has 0 spiro atoms. The molecule has 0 bridgehead atoms. The number of aromatic nitrogens is 7. The summed E-state index contributed by atoms with van der Waals surface area (Å²) >= 11 is 0. The smallest absolute Gasteiger partial charge is 0.179 e. The molecular weight excluding hydrogens is 398 g/mol. The quantitative estimate of drug-likeness (QED) is 0.403. The molecule has 0 fully saturated rings. The zero-order valence-electron chi connectivity index (χ0n) is 18.4. The van der Waals surface area contributed by atoms with Gasteiger partial charge in [-0.1, -0.05) is 72.8 Å². The second-order valence-electron chi connectivity index (χ2n) is 7.55. The van der Waals surface area contributed by atoms with Crippen molar-refractivity contribution in [3.63, 3.8) is 0 Å². The van der Waals surface area contributed by atoms with Gasteiger partial charge in [0.2, 0.25) is 0 Å². The number of aromatic amines is 1. The van der Waals surface area contributed by atoms with E-state index < -0.39 is 0 Å². The highest BCUT2D eigenvalue weighted by molar-refractivity contribution is 5.60. The summed E-state index contributed by atoms with van der Waals surface area (Å²) in [5, 5.41) is 19.0. The van der Waals surface area contributed by atoms with Gasteiger partial charge >= 0.3 is 0 Å².